The number of benzene rings is 3. The van der Waals surface area contributed by atoms with Crippen LogP contribution in [0.2, 0.25) is 10.0 Å². The highest BCUT2D eigenvalue weighted by molar-refractivity contribution is 6.42. The Morgan fingerprint density at radius 3 is 2.63 bits per heavy atom. The molecule has 0 aliphatic carbocycles. The molecular weight excluding hydrogens is 491 g/mol. The number of carbonyl (C=O) groups is 1. The topological polar surface area (TPSA) is 99.3 Å². The van der Waals surface area contributed by atoms with Gasteiger partial charge in [-0.15, -0.1) is 0 Å². The molecule has 1 aromatic heterocycles. The molecule has 0 bridgehead atoms. The van der Waals surface area contributed by atoms with E-state index in [0.29, 0.717) is 39.3 Å². The summed E-state index contributed by atoms with van der Waals surface area (Å²) in [6, 6.07) is 18.7. The molecule has 1 heterocycles. The van der Waals surface area contributed by atoms with E-state index in [4.69, 9.17) is 27.9 Å². The minimum Gasteiger partial charge on any atom is -0.489 e. The molecule has 178 valence electrons. The van der Waals surface area contributed by atoms with Crippen molar-refractivity contribution in [3.63, 3.8) is 0 Å². The Bertz CT molecular complexity index is 1400. The molecule has 35 heavy (non-hydrogen) atoms. The summed E-state index contributed by atoms with van der Waals surface area (Å²) in [6.07, 6.45) is 1.76. The van der Waals surface area contributed by atoms with Crippen LogP contribution < -0.4 is 10.1 Å². The van der Waals surface area contributed by atoms with Gasteiger partial charge in [-0.1, -0.05) is 41.4 Å². The van der Waals surface area contributed by atoms with Crippen LogP contribution in [-0.4, -0.2) is 20.6 Å². The second-order valence-electron chi connectivity index (χ2n) is 7.80. The zero-order chi connectivity index (χ0) is 24.9. The number of hydrogen-bond acceptors (Lipinski definition) is 5. The summed E-state index contributed by atoms with van der Waals surface area (Å²) in [4.78, 5) is 23.3. The molecule has 0 saturated carbocycles. The lowest BCUT2D eigenvalue weighted by Gasteiger charge is -2.09. The minimum atomic E-state index is -0.433. The lowest BCUT2D eigenvalue weighted by Crippen LogP contribution is -2.13. The van der Waals surface area contributed by atoms with E-state index in [9.17, 15) is 14.9 Å². The number of halogens is 2. The number of nitro groups is 1. The highest BCUT2D eigenvalue weighted by Crippen LogP contribution is 2.24. The van der Waals surface area contributed by atoms with Crippen LogP contribution in [0.15, 0.2) is 72.9 Å². The van der Waals surface area contributed by atoms with Crippen molar-refractivity contribution in [3.05, 3.63) is 115 Å². The van der Waals surface area contributed by atoms with Crippen molar-refractivity contribution in [1.29, 1.82) is 0 Å². The molecule has 4 rings (SSSR count). The van der Waals surface area contributed by atoms with Crippen molar-refractivity contribution in [2.24, 2.45) is 0 Å². The maximum absolute atomic E-state index is 12.7. The molecule has 4 aromatic rings. The Morgan fingerprint density at radius 2 is 1.89 bits per heavy atom. The number of rotatable bonds is 8. The van der Waals surface area contributed by atoms with E-state index in [1.165, 1.54) is 6.07 Å². The first-order valence-corrected chi connectivity index (χ1v) is 11.3. The van der Waals surface area contributed by atoms with E-state index in [1.807, 2.05) is 12.1 Å². The van der Waals surface area contributed by atoms with Crippen LogP contribution >= 0.6 is 23.2 Å². The average Bonchev–Trinajstić information content (AvgIpc) is 3.26. The third-order valence-electron chi connectivity index (χ3n) is 5.17. The molecule has 0 atom stereocenters. The molecule has 0 saturated heterocycles. The average molecular weight is 511 g/mol. The minimum absolute atomic E-state index is 0.0374. The molecule has 1 amide bonds. The van der Waals surface area contributed by atoms with Gasteiger partial charge in [0.1, 0.15) is 12.4 Å². The summed E-state index contributed by atoms with van der Waals surface area (Å²) in [5, 5.41) is 19.1. The summed E-state index contributed by atoms with van der Waals surface area (Å²) in [7, 11) is 0. The number of nitro benzene ring substituents is 1. The molecular formula is C25H20Cl2N4O4. The van der Waals surface area contributed by atoms with Gasteiger partial charge >= 0.3 is 0 Å². The van der Waals surface area contributed by atoms with Crippen molar-refractivity contribution in [2.45, 2.75) is 20.1 Å². The van der Waals surface area contributed by atoms with Gasteiger partial charge < -0.3 is 10.1 Å². The van der Waals surface area contributed by atoms with Crippen LogP contribution in [-0.2, 0) is 13.2 Å². The predicted octanol–water partition coefficient (Wildman–Crippen LogP) is 6.29. The zero-order valence-electron chi connectivity index (χ0n) is 18.6. The van der Waals surface area contributed by atoms with Gasteiger partial charge in [-0.3, -0.25) is 19.6 Å². The van der Waals surface area contributed by atoms with Gasteiger partial charge in [0.2, 0.25) is 0 Å². The first-order valence-electron chi connectivity index (χ1n) is 10.5. The molecule has 0 fully saturated rings. The summed E-state index contributed by atoms with van der Waals surface area (Å²) in [5.74, 6) is 0.617. The molecule has 0 unspecified atom stereocenters. The summed E-state index contributed by atoms with van der Waals surface area (Å²) >= 11 is 12.0. The maximum Gasteiger partial charge on any atom is 0.272 e. The van der Waals surface area contributed by atoms with Crippen molar-refractivity contribution < 1.29 is 14.5 Å². The van der Waals surface area contributed by atoms with Gasteiger partial charge in [-0.2, -0.15) is 5.10 Å². The highest BCUT2D eigenvalue weighted by Gasteiger charge is 2.12. The van der Waals surface area contributed by atoms with Gasteiger partial charge in [0, 0.05) is 29.5 Å². The third kappa shape index (κ3) is 6.17. The number of aromatic nitrogens is 2. The van der Waals surface area contributed by atoms with Gasteiger partial charge in [0.15, 0.2) is 5.82 Å². The fraction of sp³-hybridized carbons (Fsp3) is 0.120. The van der Waals surface area contributed by atoms with E-state index >= 15 is 0 Å². The lowest BCUT2D eigenvalue weighted by molar-refractivity contribution is -0.385. The fourth-order valence-corrected chi connectivity index (χ4v) is 3.74. The van der Waals surface area contributed by atoms with E-state index in [0.717, 1.165) is 11.1 Å². The molecule has 0 spiro atoms. The number of amides is 1. The van der Waals surface area contributed by atoms with E-state index in [2.05, 4.69) is 10.4 Å². The Balaban J connectivity index is 1.37. The van der Waals surface area contributed by atoms with Gasteiger partial charge in [-0.05, 0) is 54.4 Å². The Kier molecular flexibility index (Phi) is 7.33. The third-order valence-corrected chi connectivity index (χ3v) is 5.91. The van der Waals surface area contributed by atoms with Crippen molar-refractivity contribution >= 4 is 40.6 Å². The number of hydrogen-bond donors (Lipinski definition) is 1. The SMILES string of the molecule is Cc1cc(OCc2cccc(C(=O)Nc3ccn(Cc4ccc(Cl)c(Cl)c4)n3)c2)ccc1[N+](=O)[O-]. The molecule has 0 radical (unpaired) electrons. The summed E-state index contributed by atoms with van der Waals surface area (Å²) in [6.45, 7) is 2.33. The van der Waals surface area contributed by atoms with Crippen LogP contribution in [0.25, 0.3) is 0 Å². The number of ether oxygens (including phenoxy) is 1. The van der Waals surface area contributed by atoms with Crippen LogP contribution in [0.5, 0.6) is 5.75 Å². The molecule has 10 heteroatoms. The lowest BCUT2D eigenvalue weighted by atomic mass is 10.1. The normalized spacial score (nSPS) is 10.7. The van der Waals surface area contributed by atoms with Gasteiger partial charge in [0.25, 0.3) is 11.6 Å². The number of aryl methyl sites for hydroxylation is 1. The number of anilines is 1. The molecule has 8 nitrogen and oxygen atoms in total. The van der Waals surface area contributed by atoms with Crippen LogP contribution in [0.3, 0.4) is 0 Å². The van der Waals surface area contributed by atoms with Gasteiger partial charge in [-0.25, -0.2) is 0 Å². The fourth-order valence-electron chi connectivity index (χ4n) is 3.42. The maximum atomic E-state index is 12.7. The van der Waals surface area contributed by atoms with Crippen LogP contribution in [0.1, 0.15) is 27.0 Å². The van der Waals surface area contributed by atoms with E-state index < -0.39 is 4.92 Å². The van der Waals surface area contributed by atoms with E-state index in [1.54, 1.807) is 66.3 Å². The summed E-state index contributed by atoms with van der Waals surface area (Å²) < 4.78 is 7.43. The highest BCUT2D eigenvalue weighted by atomic mass is 35.5. The van der Waals surface area contributed by atoms with E-state index in [-0.39, 0.29) is 18.2 Å². The smallest absolute Gasteiger partial charge is 0.272 e. The quantitative estimate of drug-likeness (QED) is 0.222. The van der Waals surface area contributed by atoms with Crippen LogP contribution in [0.4, 0.5) is 11.5 Å². The Labute approximate surface area is 211 Å². The number of nitrogens with zero attached hydrogens (tertiary/aromatic N) is 3. The number of carbonyl (C=O) groups excluding carboxylic acids is 1. The molecule has 1 N–H and O–H groups in total. The Morgan fingerprint density at radius 1 is 1.06 bits per heavy atom. The second-order valence-corrected chi connectivity index (χ2v) is 8.61. The summed E-state index contributed by atoms with van der Waals surface area (Å²) in [5.41, 5.74) is 2.70. The first kappa shape index (κ1) is 24.3. The largest absolute Gasteiger partial charge is 0.489 e. The molecule has 0 aliphatic rings. The monoisotopic (exact) mass is 510 g/mol. The standard InChI is InChI=1S/C25H20Cl2N4O4/c1-16-11-20(6-8-23(16)31(33)34)35-15-18-3-2-4-19(12-18)25(32)28-24-9-10-30(29-24)14-17-5-7-21(26)22(27)13-17/h2-13H,14-15H2,1H3,(H,28,29,32). The molecule has 0 aliphatic heterocycles. The van der Waals surface area contributed by atoms with Gasteiger partial charge in [0.05, 0.1) is 21.5 Å². The predicted molar refractivity (Wildman–Crippen MR) is 134 cm³/mol. The second kappa shape index (κ2) is 10.6. The zero-order valence-corrected chi connectivity index (χ0v) is 20.1. The van der Waals surface area contributed by atoms with Crippen molar-refractivity contribution in [2.75, 3.05) is 5.32 Å². The number of nitrogens with one attached hydrogen (secondary N) is 1. The first-order chi connectivity index (χ1) is 16.8. The van der Waals surface area contributed by atoms with Crippen molar-refractivity contribution in [1.82, 2.24) is 9.78 Å². The molecule has 3 aromatic carbocycles. The Hall–Kier alpha value is -3.88. The van der Waals surface area contributed by atoms with Crippen molar-refractivity contribution in [3.8, 4) is 5.75 Å². The van der Waals surface area contributed by atoms with Crippen LogP contribution in [0, 0.1) is 17.0 Å².